The topological polar surface area (TPSA) is 12.4 Å². The van der Waals surface area contributed by atoms with Gasteiger partial charge in [-0.3, -0.25) is 4.99 Å². The van der Waals surface area contributed by atoms with E-state index in [0.29, 0.717) is 0 Å². The van der Waals surface area contributed by atoms with Crippen LogP contribution in [0, 0.1) is 0 Å². The van der Waals surface area contributed by atoms with Crippen LogP contribution < -0.4 is 0 Å². The summed E-state index contributed by atoms with van der Waals surface area (Å²) in [5, 5.41) is 0. The van der Waals surface area contributed by atoms with E-state index in [2.05, 4.69) is 20.9 Å². The second-order valence-electron chi connectivity index (χ2n) is 0.721. The molecule has 0 aromatic carbocycles. The lowest BCUT2D eigenvalue weighted by Crippen LogP contribution is -1.66. The molecule has 0 aromatic rings. The molecule has 5 heavy (non-hydrogen) atoms. The van der Waals surface area contributed by atoms with Gasteiger partial charge in [-0.15, -0.1) is 0 Å². The molecule has 0 atom stereocenters. The number of hydrogen-bond donors (Lipinski definition) is 0. The van der Waals surface area contributed by atoms with Crippen molar-refractivity contribution in [3.05, 3.63) is 0 Å². The van der Waals surface area contributed by atoms with Gasteiger partial charge in [-0.25, -0.2) is 0 Å². The van der Waals surface area contributed by atoms with Gasteiger partial charge in [-0.05, 0) is 22.9 Å². The van der Waals surface area contributed by atoms with Crippen LogP contribution in [0.2, 0.25) is 0 Å². The Kier molecular flexibility index (Phi) is 2.46. The van der Waals surface area contributed by atoms with Gasteiger partial charge in [-0.2, -0.15) is 0 Å². The Balaban J connectivity index is 3.14. The van der Waals surface area contributed by atoms with Crippen LogP contribution in [-0.4, -0.2) is 11.7 Å². The van der Waals surface area contributed by atoms with Crippen molar-refractivity contribution in [2.75, 3.05) is 7.05 Å². The summed E-state index contributed by atoms with van der Waals surface area (Å²) < 4.78 is 0.942. The zero-order chi connectivity index (χ0) is 4.28. The molecule has 0 saturated heterocycles. The average molecular weight is 136 g/mol. The number of halogens is 1. The molecule has 0 spiro atoms. The Morgan fingerprint density at radius 3 is 2.00 bits per heavy atom. The van der Waals surface area contributed by atoms with E-state index in [1.807, 2.05) is 6.92 Å². The minimum Gasteiger partial charge on any atom is -0.286 e. The molecule has 0 aliphatic heterocycles. The SMILES string of the molecule is C/N=C(\C)Br. The maximum absolute atomic E-state index is 3.72. The van der Waals surface area contributed by atoms with Crippen LogP contribution >= 0.6 is 15.9 Å². The Bertz CT molecular complexity index is 44.9. The van der Waals surface area contributed by atoms with E-state index in [-0.39, 0.29) is 0 Å². The maximum atomic E-state index is 3.72. The second-order valence-corrected chi connectivity index (χ2v) is 1.87. The first kappa shape index (κ1) is 5.15. The summed E-state index contributed by atoms with van der Waals surface area (Å²) in [4.78, 5) is 3.72. The molecule has 0 rings (SSSR count). The van der Waals surface area contributed by atoms with Crippen molar-refractivity contribution < 1.29 is 0 Å². The summed E-state index contributed by atoms with van der Waals surface area (Å²) in [6.07, 6.45) is 0. The Labute approximate surface area is 40.2 Å². The summed E-state index contributed by atoms with van der Waals surface area (Å²) in [6, 6.07) is 0. The van der Waals surface area contributed by atoms with Gasteiger partial charge in [0.25, 0.3) is 0 Å². The van der Waals surface area contributed by atoms with E-state index in [1.54, 1.807) is 7.05 Å². The van der Waals surface area contributed by atoms with Crippen LogP contribution in [0.3, 0.4) is 0 Å². The molecule has 0 fully saturated rings. The number of hydrogen-bond acceptors (Lipinski definition) is 1. The van der Waals surface area contributed by atoms with Crippen molar-refractivity contribution >= 4 is 20.6 Å². The number of aliphatic imine (C=N–C) groups is 1. The maximum Gasteiger partial charge on any atom is 0.0739 e. The molecule has 0 heterocycles. The molecule has 0 saturated carbocycles. The van der Waals surface area contributed by atoms with Crippen molar-refractivity contribution in [2.45, 2.75) is 6.92 Å². The number of nitrogens with zero attached hydrogens (tertiary/aromatic N) is 1. The summed E-state index contributed by atoms with van der Waals surface area (Å²) in [5.41, 5.74) is 0. The van der Waals surface area contributed by atoms with Gasteiger partial charge < -0.3 is 0 Å². The van der Waals surface area contributed by atoms with Crippen LogP contribution in [0.15, 0.2) is 4.99 Å². The van der Waals surface area contributed by atoms with Gasteiger partial charge in [0.1, 0.15) is 0 Å². The Morgan fingerprint density at radius 2 is 2.00 bits per heavy atom. The quantitative estimate of drug-likeness (QED) is 0.446. The van der Waals surface area contributed by atoms with Crippen molar-refractivity contribution in [2.24, 2.45) is 4.99 Å². The van der Waals surface area contributed by atoms with E-state index >= 15 is 0 Å². The van der Waals surface area contributed by atoms with Crippen LogP contribution in [-0.2, 0) is 0 Å². The molecule has 0 aromatic heterocycles. The van der Waals surface area contributed by atoms with Gasteiger partial charge in [0.15, 0.2) is 0 Å². The van der Waals surface area contributed by atoms with Gasteiger partial charge in [-0.1, -0.05) is 0 Å². The fraction of sp³-hybridized carbons (Fsp3) is 0.667. The highest BCUT2D eigenvalue weighted by molar-refractivity contribution is 9.18. The van der Waals surface area contributed by atoms with Gasteiger partial charge in [0.2, 0.25) is 0 Å². The predicted octanol–water partition coefficient (Wildman–Crippen LogP) is 1.43. The van der Waals surface area contributed by atoms with E-state index < -0.39 is 0 Å². The van der Waals surface area contributed by atoms with Crippen molar-refractivity contribution in [1.29, 1.82) is 0 Å². The first-order valence-electron chi connectivity index (χ1n) is 1.36. The molecule has 0 bridgehead atoms. The summed E-state index contributed by atoms with van der Waals surface area (Å²) >= 11 is 3.12. The van der Waals surface area contributed by atoms with Crippen LogP contribution in [0.4, 0.5) is 0 Å². The Morgan fingerprint density at radius 1 is 1.80 bits per heavy atom. The van der Waals surface area contributed by atoms with Gasteiger partial charge in [0, 0.05) is 7.05 Å². The third kappa shape index (κ3) is 4.15. The summed E-state index contributed by atoms with van der Waals surface area (Å²) in [6.45, 7) is 1.89. The first-order chi connectivity index (χ1) is 2.27. The lowest BCUT2D eigenvalue weighted by molar-refractivity contribution is 1.46. The third-order valence-electron chi connectivity index (χ3n) is 0.308. The molecule has 0 aliphatic rings. The molecule has 2 heteroatoms. The lowest BCUT2D eigenvalue weighted by atomic mass is 10.9. The highest BCUT2D eigenvalue weighted by Crippen LogP contribution is 1.81. The van der Waals surface area contributed by atoms with Gasteiger partial charge in [0.05, 0.1) is 4.62 Å². The van der Waals surface area contributed by atoms with E-state index in [4.69, 9.17) is 0 Å². The van der Waals surface area contributed by atoms with Crippen molar-refractivity contribution in [3.8, 4) is 0 Å². The molecule has 30 valence electrons. The number of rotatable bonds is 0. The molecule has 1 nitrogen and oxygen atoms in total. The van der Waals surface area contributed by atoms with Crippen LogP contribution in [0.25, 0.3) is 0 Å². The highest BCUT2D eigenvalue weighted by Gasteiger charge is 1.65. The average Bonchev–Trinajstić information content (AvgIpc) is 1.38. The normalized spacial score (nSPS) is 12.2. The molecule has 0 N–H and O–H groups in total. The first-order valence-corrected chi connectivity index (χ1v) is 2.15. The van der Waals surface area contributed by atoms with E-state index in [9.17, 15) is 0 Å². The largest absolute Gasteiger partial charge is 0.286 e. The van der Waals surface area contributed by atoms with E-state index in [1.165, 1.54) is 0 Å². The second kappa shape index (κ2) is 2.39. The van der Waals surface area contributed by atoms with E-state index in [0.717, 1.165) is 4.62 Å². The molecule has 0 aliphatic carbocycles. The lowest BCUT2D eigenvalue weighted by Gasteiger charge is -1.71. The van der Waals surface area contributed by atoms with Crippen molar-refractivity contribution in [1.82, 2.24) is 0 Å². The molecular formula is C3H6BrN. The molecular weight excluding hydrogens is 130 g/mol. The fourth-order valence-electron chi connectivity index (χ4n) is 0. The zero-order valence-electron chi connectivity index (χ0n) is 3.33. The minimum atomic E-state index is 0.942. The van der Waals surface area contributed by atoms with Crippen LogP contribution in [0.1, 0.15) is 6.92 Å². The molecule has 0 amide bonds. The van der Waals surface area contributed by atoms with Crippen LogP contribution in [0.5, 0.6) is 0 Å². The summed E-state index contributed by atoms with van der Waals surface area (Å²) in [5.74, 6) is 0. The fourth-order valence-corrected chi connectivity index (χ4v) is 0. The monoisotopic (exact) mass is 135 g/mol. The standard InChI is InChI=1S/C3H6BrN/c1-3(4)5-2/h1-2H3/b5-3+. The zero-order valence-corrected chi connectivity index (χ0v) is 4.91. The Hall–Kier alpha value is 0.150. The van der Waals surface area contributed by atoms with Gasteiger partial charge >= 0.3 is 0 Å². The predicted molar refractivity (Wildman–Crippen MR) is 28.0 cm³/mol. The highest BCUT2D eigenvalue weighted by atomic mass is 79.9. The summed E-state index contributed by atoms with van der Waals surface area (Å²) in [7, 11) is 1.74. The smallest absolute Gasteiger partial charge is 0.0739 e. The minimum absolute atomic E-state index is 0.942. The third-order valence-corrected chi connectivity index (χ3v) is 0.663. The molecule has 0 radical (unpaired) electrons. The van der Waals surface area contributed by atoms with Crippen molar-refractivity contribution in [3.63, 3.8) is 0 Å². The molecule has 0 unspecified atom stereocenters.